The molecule has 1 aromatic heterocycles. The Balaban J connectivity index is 1.68. The smallest absolute Gasteiger partial charge is 0.250 e. The second-order valence-electron chi connectivity index (χ2n) is 7.40. The fourth-order valence-corrected chi connectivity index (χ4v) is 4.09. The molecule has 2 heterocycles. The van der Waals surface area contributed by atoms with E-state index in [1.165, 1.54) is 0 Å². The molecule has 0 aliphatic carbocycles. The maximum atomic E-state index is 13.5. The van der Waals surface area contributed by atoms with Crippen molar-refractivity contribution >= 4 is 40.1 Å². The van der Waals surface area contributed by atoms with E-state index in [4.69, 9.17) is 23.2 Å². The third-order valence-electron chi connectivity index (χ3n) is 5.23. The lowest BCUT2D eigenvalue weighted by Crippen LogP contribution is -2.47. The van der Waals surface area contributed by atoms with Gasteiger partial charge in [-0.1, -0.05) is 40.5 Å². The first-order valence-electron chi connectivity index (χ1n) is 8.96. The Bertz CT molecular complexity index is 997. The van der Waals surface area contributed by atoms with E-state index in [0.717, 1.165) is 30.5 Å². The summed E-state index contributed by atoms with van der Waals surface area (Å²) in [7, 11) is 0. The average molecular weight is 403 g/mol. The summed E-state index contributed by atoms with van der Waals surface area (Å²) < 4.78 is 1.69. The van der Waals surface area contributed by atoms with Gasteiger partial charge in [-0.15, -0.1) is 5.10 Å². The number of hydrogen-bond donors (Lipinski definition) is 0. The predicted molar refractivity (Wildman–Crippen MR) is 107 cm³/mol. The van der Waals surface area contributed by atoms with Gasteiger partial charge in [-0.25, -0.2) is 4.68 Å². The molecular weight excluding hydrogens is 383 g/mol. The maximum absolute atomic E-state index is 13.5. The topological polar surface area (TPSA) is 51.0 Å². The number of aromatic nitrogens is 3. The number of hydrogen-bond acceptors (Lipinski definition) is 3. The van der Waals surface area contributed by atoms with Crippen molar-refractivity contribution in [1.29, 1.82) is 0 Å². The highest BCUT2D eigenvalue weighted by atomic mass is 35.5. The zero-order valence-electron chi connectivity index (χ0n) is 15.2. The van der Waals surface area contributed by atoms with Gasteiger partial charge in [0.2, 0.25) is 0 Å². The summed E-state index contributed by atoms with van der Waals surface area (Å²) in [6, 6.07) is 13.2. The summed E-state index contributed by atoms with van der Waals surface area (Å²) >= 11 is 12.1. The molecule has 0 spiro atoms. The molecule has 27 heavy (non-hydrogen) atoms. The molecule has 0 radical (unpaired) electrons. The molecule has 1 aliphatic rings. The van der Waals surface area contributed by atoms with Crippen LogP contribution < -0.4 is 0 Å². The Morgan fingerprint density at radius 1 is 1.11 bits per heavy atom. The first-order valence-corrected chi connectivity index (χ1v) is 9.71. The maximum Gasteiger partial charge on any atom is 0.250 e. The number of fused-ring (bicyclic) bond motifs is 1. The number of carbonyl (C=O) groups excluding carboxylic acids is 1. The number of halogens is 2. The number of rotatable bonds is 3. The van der Waals surface area contributed by atoms with E-state index in [-0.39, 0.29) is 11.9 Å². The molecule has 1 unspecified atom stereocenters. The predicted octanol–water partition coefficient (Wildman–Crippen LogP) is 4.84. The molecule has 1 aliphatic heterocycles. The summed E-state index contributed by atoms with van der Waals surface area (Å²) in [5.41, 5.74) is 1.72. The zero-order chi connectivity index (χ0) is 19.2. The van der Waals surface area contributed by atoms with Crippen molar-refractivity contribution < 1.29 is 4.79 Å². The Labute approximate surface area is 167 Å². The van der Waals surface area contributed by atoms with E-state index < -0.39 is 5.54 Å². The van der Waals surface area contributed by atoms with Crippen LogP contribution in [0.1, 0.15) is 38.3 Å². The third-order valence-corrected chi connectivity index (χ3v) is 5.72. The third kappa shape index (κ3) is 3.19. The molecule has 0 bridgehead atoms. The van der Waals surface area contributed by atoms with Gasteiger partial charge in [-0.2, -0.15) is 0 Å². The summed E-state index contributed by atoms with van der Waals surface area (Å²) in [4.78, 5) is 15.5. The lowest BCUT2D eigenvalue weighted by molar-refractivity contribution is -0.140. The van der Waals surface area contributed by atoms with Crippen molar-refractivity contribution in [1.82, 2.24) is 19.9 Å². The summed E-state index contributed by atoms with van der Waals surface area (Å²) in [6.45, 7) is 4.50. The van der Waals surface area contributed by atoms with Gasteiger partial charge in [0.15, 0.2) is 0 Å². The number of amides is 1. The van der Waals surface area contributed by atoms with Gasteiger partial charge in [-0.3, -0.25) is 4.79 Å². The van der Waals surface area contributed by atoms with Crippen LogP contribution in [-0.4, -0.2) is 32.3 Å². The Morgan fingerprint density at radius 2 is 1.81 bits per heavy atom. The first-order chi connectivity index (χ1) is 12.9. The number of nitrogens with zero attached hydrogens (tertiary/aromatic N) is 4. The van der Waals surface area contributed by atoms with Crippen molar-refractivity contribution in [2.45, 2.75) is 38.3 Å². The molecule has 2 aromatic carbocycles. The average Bonchev–Trinajstić information content (AvgIpc) is 3.28. The molecule has 5 nitrogen and oxygen atoms in total. The van der Waals surface area contributed by atoms with Gasteiger partial charge in [0.25, 0.3) is 5.91 Å². The van der Waals surface area contributed by atoms with Gasteiger partial charge in [0.1, 0.15) is 11.1 Å². The lowest BCUT2D eigenvalue weighted by atomic mass is 10.00. The molecule has 1 atom stereocenters. The highest BCUT2D eigenvalue weighted by molar-refractivity contribution is 6.31. The van der Waals surface area contributed by atoms with Crippen molar-refractivity contribution in [2.24, 2.45) is 0 Å². The molecule has 1 saturated heterocycles. The monoisotopic (exact) mass is 402 g/mol. The van der Waals surface area contributed by atoms with Gasteiger partial charge in [-0.05, 0) is 62.6 Å². The van der Waals surface area contributed by atoms with Crippen LogP contribution in [0.4, 0.5) is 0 Å². The van der Waals surface area contributed by atoms with Crippen LogP contribution in [0.25, 0.3) is 11.0 Å². The Morgan fingerprint density at radius 3 is 2.56 bits per heavy atom. The van der Waals surface area contributed by atoms with Gasteiger partial charge in [0, 0.05) is 16.6 Å². The number of likely N-dealkylation sites (tertiary alicyclic amines) is 1. The largest absolute Gasteiger partial charge is 0.334 e. The van der Waals surface area contributed by atoms with Crippen molar-refractivity contribution in [3.63, 3.8) is 0 Å². The second kappa shape index (κ2) is 6.80. The highest BCUT2D eigenvalue weighted by Crippen LogP contribution is 2.36. The number of carbonyl (C=O) groups is 1. The zero-order valence-corrected chi connectivity index (χ0v) is 16.7. The Hall–Kier alpha value is -2.11. The van der Waals surface area contributed by atoms with Crippen molar-refractivity contribution in [3.05, 3.63) is 58.1 Å². The Kier molecular flexibility index (Phi) is 4.60. The van der Waals surface area contributed by atoms with Gasteiger partial charge < -0.3 is 4.90 Å². The van der Waals surface area contributed by atoms with Gasteiger partial charge in [0.05, 0.1) is 11.6 Å². The molecule has 140 valence electrons. The van der Waals surface area contributed by atoms with Crippen LogP contribution in [0.15, 0.2) is 42.5 Å². The molecule has 1 amide bonds. The number of benzene rings is 2. The van der Waals surface area contributed by atoms with E-state index in [1.54, 1.807) is 16.8 Å². The van der Waals surface area contributed by atoms with E-state index in [2.05, 4.69) is 10.3 Å². The van der Waals surface area contributed by atoms with Crippen LogP contribution in [0.5, 0.6) is 0 Å². The van der Waals surface area contributed by atoms with Crippen LogP contribution in [0.2, 0.25) is 10.0 Å². The molecule has 1 fully saturated rings. The summed E-state index contributed by atoms with van der Waals surface area (Å²) in [5.74, 6) is 0.0294. The van der Waals surface area contributed by atoms with Crippen LogP contribution >= 0.6 is 23.2 Å². The highest BCUT2D eigenvalue weighted by Gasteiger charge is 2.41. The lowest BCUT2D eigenvalue weighted by Gasteiger charge is -2.33. The molecular formula is C20H20Cl2N4O. The normalized spacial score (nSPS) is 17.6. The van der Waals surface area contributed by atoms with E-state index >= 15 is 0 Å². The van der Waals surface area contributed by atoms with Crippen LogP contribution in [0, 0.1) is 0 Å². The minimum absolute atomic E-state index is 0.0294. The van der Waals surface area contributed by atoms with Crippen LogP contribution in [-0.2, 0) is 10.3 Å². The fraction of sp³-hybridized carbons (Fsp3) is 0.350. The minimum Gasteiger partial charge on any atom is -0.334 e. The van der Waals surface area contributed by atoms with Crippen LogP contribution in [0.3, 0.4) is 0 Å². The van der Waals surface area contributed by atoms with E-state index in [9.17, 15) is 4.79 Å². The first kappa shape index (κ1) is 18.3. The standard InChI is InChI=1S/C20H20Cl2N4O/c1-20(2,26-18-10-9-15(22)12-16(18)23-24-26)19(27)25-11-3-4-17(25)13-5-7-14(21)8-6-13/h5-10,12,17H,3-4,11H2,1-2H3. The second-order valence-corrected chi connectivity index (χ2v) is 8.27. The summed E-state index contributed by atoms with van der Waals surface area (Å²) in [6.07, 6.45) is 1.92. The fourth-order valence-electron chi connectivity index (χ4n) is 3.79. The van der Waals surface area contributed by atoms with Gasteiger partial charge >= 0.3 is 0 Å². The molecule has 0 N–H and O–H groups in total. The van der Waals surface area contributed by atoms with Crippen molar-refractivity contribution in [2.75, 3.05) is 6.54 Å². The minimum atomic E-state index is -0.863. The quantitative estimate of drug-likeness (QED) is 0.629. The van der Waals surface area contributed by atoms with Crippen molar-refractivity contribution in [3.8, 4) is 0 Å². The molecule has 3 aromatic rings. The molecule has 4 rings (SSSR count). The molecule has 7 heteroatoms. The molecule has 0 saturated carbocycles. The summed E-state index contributed by atoms with van der Waals surface area (Å²) in [5, 5.41) is 9.73. The SMILES string of the molecule is CC(C)(C(=O)N1CCCC1c1ccc(Cl)cc1)n1nnc2cc(Cl)ccc21. The van der Waals surface area contributed by atoms with E-state index in [1.807, 2.05) is 49.1 Å². The van der Waals surface area contributed by atoms with E-state index in [0.29, 0.717) is 15.6 Å².